The minimum absolute atomic E-state index is 0.0867. The first-order valence-electron chi connectivity index (χ1n) is 9.99. The van der Waals surface area contributed by atoms with Gasteiger partial charge < -0.3 is 15.1 Å². The fraction of sp³-hybridized carbons (Fsp3) is 0.250. The zero-order valence-corrected chi connectivity index (χ0v) is 19.9. The summed E-state index contributed by atoms with van der Waals surface area (Å²) in [6.07, 6.45) is -3.99. The van der Waals surface area contributed by atoms with E-state index in [1.165, 1.54) is 12.3 Å². The zero-order chi connectivity index (χ0) is 25.4. The summed E-state index contributed by atoms with van der Waals surface area (Å²) in [6, 6.07) is 7.53. The van der Waals surface area contributed by atoms with Crippen molar-refractivity contribution in [2.24, 2.45) is 0 Å². The number of pyridine rings is 2. The first-order chi connectivity index (χ1) is 16.5. The molecule has 0 amide bonds. The number of rotatable bonds is 5. The van der Waals surface area contributed by atoms with Crippen molar-refractivity contribution in [2.75, 3.05) is 35.5 Å². The van der Waals surface area contributed by atoms with Crippen molar-refractivity contribution < 1.29 is 31.2 Å². The van der Waals surface area contributed by atoms with Crippen LogP contribution < -0.4 is 14.7 Å². The SMILES string of the molecule is O=C(ON(c1cc2cccnc2c(N2CCNCC2)n1)S(=O)(=O)c1ccc(Cl)cc1Cl)C(F)(F)F. The summed E-state index contributed by atoms with van der Waals surface area (Å²) < 4.78 is 65.9. The number of halogens is 5. The van der Waals surface area contributed by atoms with Crippen molar-refractivity contribution in [1.29, 1.82) is 0 Å². The molecule has 35 heavy (non-hydrogen) atoms. The van der Waals surface area contributed by atoms with Crippen molar-refractivity contribution in [3.63, 3.8) is 0 Å². The van der Waals surface area contributed by atoms with Crippen molar-refractivity contribution in [3.05, 3.63) is 52.6 Å². The van der Waals surface area contributed by atoms with Crippen LogP contribution in [0.3, 0.4) is 0 Å². The van der Waals surface area contributed by atoms with Crippen LogP contribution in [0.15, 0.2) is 47.5 Å². The Labute approximate surface area is 207 Å². The van der Waals surface area contributed by atoms with Gasteiger partial charge in [0.25, 0.3) is 10.0 Å². The lowest BCUT2D eigenvalue weighted by atomic mass is 10.2. The highest BCUT2D eigenvalue weighted by Gasteiger charge is 2.45. The smallest absolute Gasteiger partial charge is 0.352 e. The Morgan fingerprint density at radius 2 is 1.86 bits per heavy atom. The molecule has 1 aliphatic rings. The third kappa shape index (κ3) is 5.22. The lowest BCUT2D eigenvalue weighted by molar-refractivity contribution is -0.199. The van der Waals surface area contributed by atoms with Crippen LogP contribution in [0.1, 0.15) is 0 Å². The molecule has 0 saturated carbocycles. The van der Waals surface area contributed by atoms with E-state index in [9.17, 15) is 26.4 Å². The molecule has 15 heteroatoms. The maximum absolute atomic E-state index is 13.4. The number of aromatic nitrogens is 2. The van der Waals surface area contributed by atoms with Gasteiger partial charge in [0.05, 0.1) is 5.02 Å². The van der Waals surface area contributed by atoms with E-state index in [2.05, 4.69) is 20.1 Å². The second kappa shape index (κ2) is 9.64. The summed E-state index contributed by atoms with van der Waals surface area (Å²) >= 11 is 11.8. The van der Waals surface area contributed by atoms with E-state index in [0.29, 0.717) is 37.1 Å². The van der Waals surface area contributed by atoms with Crippen LogP contribution in [-0.4, -0.2) is 56.7 Å². The molecule has 4 rings (SSSR count). The molecule has 0 radical (unpaired) electrons. The Morgan fingerprint density at radius 3 is 2.51 bits per heavy atom. The van der Waals surface area contributed by atoms with Gasteiger partial charge in [-0.25, -0.2) is 9.78 Å². The number of alkyl halides is 3. The number of benzene rings is 1. The number of carbonyl (C=O) groups is 1. The number of nitrogens with zero attached hydrogens (tertiary/aromatic N) is 4. The lowest BCUT2D eigenvalue weighted by Crippen LogP contribution is -2.44. The first-order valence-corrected chi connectivity index (χ1v) is 12.2. The normalized spacial score (nSPS) is 14.7. The molecule has 1 saturated heterocycles. The second-order valence-electron chi connectivity index (χ2n) is 7.30. The molecule has 3 aromatic rings. The van der Waals surface area contributed by atoms with Gasteiger partial charge in [0, 0.05) is 42.8 Å². The van der Waals surface area contributed by atoms with Crippen LogP contribution in [0.2, 0.25) is 10.0 Å². The van der Waals surface area contributed by atoms with Gasteiger partial charge in [-0.1, -0.05) is 33.7 Å². The highest BCUT2D eigenvalue weighted by Crippen LogP contribution is 2.34. The summed E-state index contributed by atoms with van der Waals surface area (Å²) in [7, 11) is -4.99. The molecular weight excluding hydrogens is 534 g/mol. The Morgan fingerprint density at radius 1 is 1.14 bits per heavy atom. The summed E-state index contributed by atoms with van der Waals surface area (Å²) in [5.74, 6) is -3.14. The van der Waals surface area contributed by atoms with Crippen LogP contribution >= 0.6 is 23.2 Å². The fourth-order valence-electron chi connectivity index (χ4n) is 3.36. The Kier molecular flexibility index (Phi) is 6.95. The molecule has 1 aromatic carbocycles. The van der Waals surface area contributed by atoms with E-state index in [4.69, 9.17) is 23.2 Å². The molecule has 2 aromatic heterocycles. The maximum Gasteiger partial charge on any atom is 0.493 e. The number of carbonyl (C=O) groups excluding carboxylic acids is 1. The van der Waals surface area contributed by atoms with Gasteiger partial charge in [0.1, 0.15) is 10.4 Å². The highest BCUT2D eigenvalue weighted by atomic mass is 35.5. The molecule has 0 bridgehead atoms. The van der Waals surface area contributed by atoms with Gasteiger partial charge in [-0.05, 0) is 30.3 Å². The molecule has 0 atom stereocenters. The molecule has 186 valence electrons. The predicted octanol–water partition coefficient (Wildman–Crippen LogP) is 3.56. The maximum atomic E-state index is 13.4. The van der Waals surface area contributed by atoms with Crippen LogP contribution in [0.5, 0.6) is 0 Å². The van der Waals surface area contributed by atoms with Gasteiger partial charge in [0.15, 0.2) is 11.6 Å². The average molecular weight is 550 g/mol. The van der Waals surface area contributed by atoms with Crippen molar-refractivity contribution in [1.82, 2.24) is 15.3 Å². The van der Waals surface area contributed by atoms with E-state index in [1.807, 2.05) is 0 Å². The number of piperazine rings is 1. The predicted molar refractivity (Wildman–Crippen MR) is 123 cm³/mol. The van der Waals surface area contributed by atoms with Gasteiger partial charge in [-0.2, -0.15) is 21.6 Å². The van der Waals surface area contributed by atoms with E-state index >= 15 is 0 Å². The Balaban J connectivity index is 1.92. The third-order valence-electron chi connectivity index (χ3n) is 4.95. The van der Waals surface area contributed by atoms with Gasteiger partial charge >= 0.3 is 12.1 Å². The Hall–Kier alpha value is -2.87. The van der Waals surface area contributed by atoms with E-state index < -0.39 is 37.9 Å². The molecular formula is C20H16Cl2F3N5O4S. The molecule has 0 spiro atoms. The molecule has 0 unspecified atom stereocenters. The first kappa shape index (κ1) is 25.2. The summed E-state index contributed by atoms with van der Waals surface area (Å²) in [6.45, 7) is 2.12. The minimum Gasteiger partial charge on any atom is -0.352 e. The number of hydrogen-bond acceptors (Lipinski definition) is 8. The van der Waals surface area contributed by atoms with Gasteiger partial charge in [-0.15, -0.1) is 0 Å². The van der Waals surface area contributed by atoms with E-state index in [-0.39, 0.29) is 15.3 Å². The number of anilines is 2. The molecule has 1 aliphatic heterocycles. The number of sulfonamides is 1. The number of nitrogens with one attached hydrogen (secondary N) is 1. The number of hydrogen-bond donors (Lipinski definition) is 1. The second-order valence-corrected chi connectivity index (χ2v) is 9.86. The van der Waals surface area contributed by atoms with Crippen molar-refractivity contribution in [3.8, 4) is 0 Å². The minimum atomic E-state index is -5.49. The summed E-state index contributed by atoms with van der Waals surface area (Å²) in [4.78, 5) is 25.8. The molecule has 3 heterocycles. The highest BCUT2D eigenvalue weighted by molar-refractivity contribution is 7.92. The average Bonchev–Trinajstić information content (AvgIpc) is 2.81. The number of fused-ring (bicyclic) bond motifs is 1. The summed E-state index contributed by atoms with van der Waals surface area (Å²) in [5, 5.41) is 3.20. The topological polar surface area (TPSA) is 105 Å². The summed E-state index contributed by atoms with van der Waals surface area (Å²) in [5.41, 5.74) is 0.391. The lowest BCUT2D eigenvalue weighted by Gasteiger charge is -2.30. The standard InChI is InChI=1S/C20H16Cl2F3N5O4S/c21-13-3-4-15(14(22)11-13)35(32,33)30(34-19(31)20(23,24)25)16-10-12-2-1-5-27-17(12)18(28-16)29-8-6-26-7-9-29/h1-5,10-11,26H,6-9H2. The van der Waals surface area contributed by atoms with Crippen molar-refractivity contribution in [2.45, 2.75) is 11.1 Å². The van der Waals surface area contributed by atoms with Crippen LogP contribution in [0.25, 0.3) is 10.9 Å². The largest absolute Gasteiger partial charge is 0.493 e. The fourth-order valence-corrected chi connectivity index (χ4v) is 5.29. The molecule has 1 N–H and O–H groups in total. The Bertz CT molecular complexity index is 1380. The van der Waals surface area contributed by atoms with E-state index in [0.717, 1.165) is 18.2 Å². The zero-order valence-electron chi connectivity index (χ0n) is 17.6. The van der Waals surface area contributed by atoms with Crippen LogP contribution in [0, 0.1) is 0 Å². The quantitative estimate of drug-likeness (QED) is 0.481. The van der Waals surface area contributed by atoms with Gasteiger partial charge in [-0.3, -0.25) is 4.98 Å². The van der Waals surface area contributed by atoms with Crippen LogP contribution in [0.4, 0.5) is 24.8 Å². The van der Waals surface area contributed by atoms with Crippen LogP contribution in [-0.2, 0) is 19.7 Å². The molecule has 0 aliphatic carbocycles. The molecule has 9 nitrogen and oxygen atoms in total. The van der Waals surface area contributed by atoms with E-state index in [1.54, 1.807) is 17.0 Å². The van der Waals surface area contributed by atoms with Gasteiger partial charge in [0.2, 0.25) is 0 Å². The monoisotopic (exact) mass is 549 g/mol. The van der Waals surface area contributed by atoms with Crippen molar-refractivity contribution >= 4 is 61.7 Å². The third-order valence-corrected chi connectivity index (χ3v) is 7.22. The molecule has 1 fully saturated rings.